The normalized spacial score (nSPS) is 16.4. The molecule has 0 aromatic heterocycles. The molecule has 10 heteroatoms. The fraction of sp³-hybridized carbons (Fsp3) is 0.360. The van der Waals surface area contributed by atoms with Gasteiger partial charge in [-0.2, -0.15) is 0 Å². The fourth-order valence-corrected chi connectivity index (χ4v) is 4.80. The summed E-state index contributed by atoms with van der Waals surface area (Å²) in [5.74, 6) is -0.283. The van der Waals surface area contributed by atoms with Crippen LogP contribution >= 0.6 is 23.8 Å². The molecule has 8 nitrogen and oxygen atoms in total. The topological polar surface area (TPSA) is 82.0 Å². The number of carbonyl (C=O) groups excluding carboxylic acids is 1. The van der Waals surface area contributed by atoms with Crippen molar-refractivity contribution in [1.29, 1.82) is 0 Å². The second kappa shape index (κ2) is 11.5. The Morgan fingerprint density at radius 3 is 2.31 bits per heavy atom. The molecule has 2 saturated heterocycles. The smallest absolute Gasteiger partial charge is 0.292 e. The van der Waals surface area contributed by atoms with Crippen LogP contribution in [0.5, 0.6) is 0 Å². The number of nitro groups is 1. The summed E-state index contributed by atoms with van der Waals surface area (Å²) >= 11 is 11.3. The van der Waals surface area contributed by atoms with Crippen molar-refractivity contribution in [2.75, 3.05) is 49.1 Å². The highest BCUT2D eigenvalue weighted by atomic mass is 35.5. The first-order valence-corrected chi connectivity index (χ1v) is 12.5. The number of carbonyl (C=O) groups is 1. The Kier molecular flexibility index (Phi) is 8.20. The predicted octanol–water partition coefficient (Wildman–Crippen LogP) is 4.48. The molecule has 2 heterocycles. The van der Waals surface area contributed by atoms with E-state index >= 15 is 0 Å². The number of amides is 1. The number of hydrogen-bond donors (Lipinski definition) is 1. The van der Waals surface area contributed by atoms with Crippen molar-refractivity contribution in [3.63, 3.8) is 0 Å². The van der Waals surface area contributed by atoms with E-state index in [1.165, 1.54) is 12.5 Å². The molecule has 2 aliphatic heterocycles. The van der Waals surface area contributed by atoms with Gasteiger partial charge in [0.15, 0.2) is 5.11 Å². The average Bonchev–Trinajstić information content (AvgIpc) is 2.88. The largest absolute Gasteiger partial charge is 0.368 e. The number of nitrogens with zero attached hydrogens (tertiary/aromatic N) is 4. The Morgan fingerprint density at radius 1 is 0.971 bits per heavy atom. The molecule has 2 fully saturated rings. The zero-order valence-electron chi connectivity index (χ0n) is 19.4. The van der Waals surface area contributed by atoms with Crippen molar-refractivity contribution in [3.8, 4) is 0 Å². The van der Waals surface area contributed by atoms with E-state index in [1.807, 2.05) is 29.2 Å². The SMILES string of the molecule is O=C(/C=C/c1ccc(Cl)cc1)NC(=S)N1CCN(c2ccc([N+](=O)[O-])c(N3CCCCC3)c2)CC1. The van der Waals surface area contributed by atoms with Gasteiger partial charge in [-0.3, -0.25) is 20.2 Å². The van der Waals surface area contributed by atoms with Gasteiger partial charge in [-0.1, -0.05) is 23.7 Å². The van der Waals surface area contributed by atoms with Crippen LogP contribution in [0.1, 0.15) is 24.8 Å². The van der Waals surface area contributed by atoms with Gasteiger partial charge in [0.25, 0.3) is 5.69 Å². The summed E-state index contributed by atoms with van der Waals surface area (Å²) < 4.78 is 0. The second-order valence-corrected chi connectivity index (χ2v) is 9.45. The van der Waals surface area contributed by atoms with Gasteiger partial charge in [-0.15, -0.1) is 0 Å². The highest BCUT2D eigenvalue weighted by Crippen LogP contribution is 2.34. The summed E-state index contributed by atoms with van der Waals surface area (Å²) in [5.41, 5.74) is 2.70. The summed E-state index contributed by atoms with van der Waals surface area (Å²) in [6.45, 7) is 4.39. The van der Waals surface area contributed by atoms with E-state index < -0.39 is 0 Å². The molecule has 2 aromatic rings. The number of piperazine rings is 1. The minimum atomic E-state index is -0.297. The number of anilines is 2. The molecule has 2 aliphatic rings. The minimum absolute atomic E-state index is 0.157. The van der Waals surface area contributed by atoms with Crippen LogP contribution in [0.4, 0.5) is 17.1 Å². The Hall–Kier alpha value is -3.17. The van der Waals surface area contributed by atoms with E-state index in [0.717, 1.165) is 37.2 Å². The van der Waals surface area contributed by atoms with Crippen LogP contribution in [0.2, 0.25) is 5.02 Å². The number of nitro benzene ring substituents is 1. The molecule has 4 rings (SSSR count). The lowest BCUT2D eigenvalue weighted by Gasteiger charge is -2.37. The maximum absolute atomic E-state index is 12.3. The molecular weight excluding hydrogens is 486 g/mol. The minimum Gasteiger partial charge on any atom is -0.368 e. The van der Waals surface area contributed by atoms with Crippen LogP contribution < -0.4 is 15.1 Å². The van der Waals surface area contributed by atoms with Gasteiger partial charge >= 0.3 is 0 Å². The zero-order chi connectivity index (χ0) is 24.8. The Balaban J connectivity index is 1.34. The molecule has 0 atom stereocenters. The van der Waals surface area contributed by atoms with Crippen molar-refractivity contribution in [1.82, 2.24) is 10.2 Å². The molecule has 2 aromatic carbocycles. The molecule has 0 radical (unpaired) electrons. The van der Waals surface area contributed by atoms with Crippen molar-refractivity contribution >= 4 is 58.0 Å². The molecule has 35 heavy (non-hydrogen) atoms. The lowest BCUT2D eigenvalue weighted by molar-refractivity contribution is -0.384. The standard InChI is InChI=1S/C25H28ClN5O3S/c26-20-7-4-19(5-8-20)6-11-24(32)27-25(35)30-16-14-28(15-17-30)21-9-10-22(31(33)34)23(18-21)29-12-2-1-3-13-29/h4-11,18H,1-3,12-17H2,(H,27,32,35)/b11-6+. The van der Waals surface area contributed by atoms with E-state index in [2.05, 4.69) is 15.1 Å². The number of halogens is 1. The van der Waals surface area contributed by atoms with Crippen LogP contribution in [-0.2, 0) is 4.79 Å². The lowest BCUT2D eigenvalue weighted by Crippen LogP contribution is -2.52. The van der Waals surface area contributed by atoms with E-state index in [4.69, 9.17) is 23.8 Å². The summed E-state index contributed by atoms with van der Waals surface area (Å²) in [5, 5.41) is 15.4. The number of piperidine rings is 1. The third kappa shape index (κ3) is 6.49. The number of rotatable bonds is 5. The van der Waals surface area contributed by atoms with Crippen molar-refractivity contribution < 1.29 is 9.72 Å². The summed E-state index contributed by atoms with van der Waals surface area (Å²) in [4.78, 5) is 29.9. The van der Waals surface area contributed by atoms with Crippen LogP contribution in [0.25, 0.3) is 6.08 Å². The maximum atomic E-state index is 12.3. The molecule has 0 bridgehead atoms. The lowest BCUT2D eigenvalue weighted by atomic mass is 10.1. The first-order valence-electron chi connectivity index (χ1n) is 11.7. The third-order valence-corrected chi connectivity index (χ3v) is 6.92. The molecule has 0 aliphatic carbocycles. The quantitative estimate of drug-likeness (QED) is 0.273. The van der Waals surface area contributed by atoms with Crippen LogP contribution in [0.3, 0.4) is 0 Å². The van der Waals surface area contributed by atoms with Gasteiger partial charge < -0.3 is 14.7 Å². The summed E-state index contributed by atoms with van der Waals surface area (Å²) in [7, 11) is 0. The van der Waals surface area contributed by atoms with Crippen LogP contribution in [-0.4, -0.2) is 60.1 Å². The average molecular weight is 514 g/mol. The highest BCUT2D eigenvalue weighted by Gasteiger charge is 2.25. The number of benzene rings is 2. The molecule has 184 valence electrons. The van der Waals surface area contributed by atoms with Gasteiger partial charge in [0, 0.05) is 62.1 Å². The van der Waals surface area contributed by atoms with E-state index in [9.17, 15) is 14.9 Å². The Labute approximate surface area is 215 Å². The van der Waals surface area contributed by atoms with Crippen molar-refractivity contribution in [3.05, 3.63) is 69.2 Å². The third-order valence-electron chi connectivity index (χ3n) is 6.31. The number of thiocarbonyl (C=S) groups is 1. The predicted molar refractivity (Wildman–Crippen MR) is 144 cm³/mol. The summed E-state index contributed by atoms with van der Waals surface area (Å²) in [6.07, 6.45) is 6.43. The van der Waals surface area contributed by atoms with Gasteiger partial charge in [0.1, 0.15) is 5.69 Å². The first-order chi connectivity index (χ1) is 16.9. The monoisotopic (exact) mass is 513 g/mol. The Morgan fingerprint density at radius 2 is 1.66 bits per heavy atom. The van der Waals surface area contributed by atoms with Gasteiger partial charge in [0.05, 0.1) is 4.92 Å². The molecule has 0 spiro atoms. The second-order valence-electron chi connectivity index (χ2n) is 8.63. The number of hydrogen-bond acceptors (Lipinski definition) is 6. The van der Waals surface area contributed by atoms with Crippen LogP contribution in [0, 0.1) is 10.1 Å². The van der Waals surface area contributed by atoms with Gasteiger partial charge in [-0.05, 0) is 67.4 Å². The van der Waals surface area contributed by atoms with E-state index in [1.54, 1.807) is 24.3 Å². The molecule has 1 N–H and O–H groups in total. The van der Waals surface area contributed by atoms with E-state index in [0.29, 0.717) is 42.0 Å². The maximum Gasteiger partial charge on any atom is 0.292 e. The van der Waals surface area contributed by atoms with Crippen molar-refractivity contribution in [2.24, 2.45) is 0 Å². The number of nitrogens with one attached hydrogen (secondary N) is 1. The molecule has 1 amide bonds. The van der Waals surface area contributed by atoms with Gasteiger partial charge in [-0.25, -0.2) is 0 Å². The molecular formula is C25H28ClN5O3S. The molecule has 0 unspecified atom stereocenters. The fourth-order valence-electron chi connectivity index (χ4n) is 4.39. The van der Waals surface area contributed by atoms with Gasteiger partial charge in [0.2, 0.25) is 5.91 Å². The zero-order valence-corrected chi connectivity index (χ0v) is 20.9. The summed E-state index contributed by atoms with van der Waals surface area (Å²) in [6, 6.07) is 12.6. The van der Waals surface area contributed by atoms with Crippen molar-refractivity contribution in [2.45, 2.75) is 19.3 Å². The highest BCUT2D eigenvalue weighted by molar-refractivity contribution is 7.80. The van der Waals surface area contributed by atoms with Crippen LogP contribution in [0.15, 0.2) is 48.5 Å². The van der Waals surface area contributed by atoms with E-state index in [-0.39, 0.29) is 16.5 Å². The molecule has 0 saturated carbocycles. The Bertz CT molecular complexity index is 1110. The first kappa shape index (κ1) is 24.9.